The molecule has 3 aliphatic rings. The number of nitrogens with one attached hydrogen (secondary N) is 1. The number of imidazole rings is 1. The molecule has 0 saturated carbocycles. The van der Waals surface area contributed by atoms with Gasteiger partial charge in [-0.15, -0.1) is 0 Å². The van der Waals surface area contributed by atoms with Crippen LogP contribution in [0.25, 0.3) is 11.1 Å². The van der Waals surface area contributed by atoms with Gasteiger partial charge in [-0.25, -0.2) is 9.37 Å². The third-order valence-corrected chi connectivity index (χ3v) is 11.8. The maximum atomic E-state index is 16.0. The van der Waals surface area contributed by atoms with Crippen LogP contribution in [0.5, 0.6) is 11.5 Å². The Morgan fingerprint density at radius 3 is 2.59 bits per heavy atom. The monoisotopic (exact) mass is 779 g/mol. The number of likely N-dealkylation sites (tertiary alicyclic amines) is 1. The zero-order valence-corrected chi connectivity index (χ0v) is 32.3. The number of aromatic nitrogens is 2. The molecule has 1 fully saturated rings. The van der Waals surface area contributed by atoms with Crippen molar-refractivity contribution in [1.29, 1.82) is 0 Å². The van der Waals surface area contributed by atoms with E-state index in [1.54, 1.807) is 12.1 Å². The minimum atomic E-state index is -0.650. The molecule has 2 N–H and O–H groups in total. The van der Waals surface area contributed by atoms with Crippen LogP contribution in [0.15, 0.2) is 42.5 Å². The molecule has 11 nitrogen and oxygen atoms in total. The molecular formula is C40H44Cl2FN5O6. The average Bonchev–Trinajstić information content (AvgIpc) is 3.91. The number of aliphatic hydroxyl groups excluding tert-OH is 1. The van der Waals surface area contributed by atoms with E-state index in [4.69, 9.17) is 37.4 Å². The average molecular weight is 781 g/mol. The molecule has 0 unspecified atom stereocenters. The van der Waals surface area contributed by atoms with Crippen molar-refractivity contribution in [2.24, 2.45) is 7.05 Å². The van der Waals surface area contributed by atoms with Crippen molar-refractivity contribution in [2.75, 3.05) is 39.2 Å². The number of nitrogens with zero attached hydrogens (tertiary/aromatic N) is 4. The highest BCUT2D eigenvalue weighted by molar-refractivity contribution is 6.36. The van der Waals surface area contributed by atoms with Crippen molar-refractivity contribution in [3.05, 3.63) is 92.2 Å². The van der Waals surface area contributed by atoms with Crippen LogP contribution in [0.3, 0.4) is 0 Å². The van der Waals surface area contributed by atoms with Gasteiger partial charge in [0.1, 0.15) is 28.7 Å². The molecule has 286 valence electrons. The van der Waals surface area contributed by atoms with Crippen LogP contribution in [0, 0.1) is 5.82 Å². The Balaban J connectivity index is 1.11. The number of amides is 1. The number of methoxy groups -OCH3 is 2. The van der Waals surface area contributed by atoms with Crippen molar-refractivity contribution in [3.8, 4) is 22.6 Å². The molecule has 54 heavy (non-hydrogen) atoms. The zero-order valence-electron chi connectivity index (χ0n) is 30.8. The van der Waals surface area contributed by atoms with Crippen molar-refractivity contribution in [2.45, 2.75) is 70.3 Å². The Bertz CT molecular complexity index is 2090. The number of ether oxygens (including phenoxy) is 3. The summed E-state index contributed by atoms with van der Waals surface area (Å²) in [5.41, 5.74) is 6.17. The lowest BCUT2D eigenvalue weighted by molar-refractivity contribution is -0.146. The highest BCUT2D eigenvalue weighted by Crippen LogP contribution is 2.46. The smallest absolute Gasteiger partial charge is 0.323 e. The third kappa shape index (κ3) is 7.06. The fourth-order valence-electron chi connectivity index (χ4n) is 8.06. The van der Waals surface area contributed by atoms with Gasteiger partial charge in [-0.05, 0) is 61.9 Å². The molecule has 1 aliphatic carbocycles. The van der Waals surface area contributed by atoms with E-state index in [2.05, 4.69) is 15.2 Å². The number of carbonyl (C=O) groups excluding carboxylic acids is 2. The maximum absolute atomic E-state index is 16.0. The molecule has 4 aromatic rings. The van der Waals surface area contributed by atoms with Gasteiger partial charge in [0, 0.05) is 62.0 Å². The molecule has 0 radical (unpaired) electrons. The fraction of sp³-hybridized carbons (Fsp3) is 0.425. The SMILES string of the molecule is COC(=O)[C@@H]1CCCN1Cc1c(OC)cc(O[C@H]2CCc3c(-c4cccc(NC(=O)c5nc6c(n5C)CCN([C@@H](C)CO)C6)c4Cl)cccc32)c(Cl)c1F. The molecule has 2 aliphatic heterocycles. The molecule has 1 amide bonds. The minimum absolute atomic E-state index is 0.00530. The molecule has 14 heteroatoms. The lowest BCUT2D eigenvalue weighted by atomic mass is 9.96. The van der Waals surface area contributed by atoms with Gasteiger partial charge >= 0.3 is 5.97 Å². The second-order valence-corrected chi connectivity index (χ2v) is 14.9. The van der Waals surface area contributed by atoms with Gasteiger partial charge in [-0.3, -0.25) is 19.4 Å². The first-order valence-corrected chi connectivity index (χ1v) is 18.9. The Kier molecular flexibility index (Phi) is 11.2. The van der Waals surface area contributed by atoms with Gasteiger partial charge in [0.2, 0.25) is 0 Å². The van der Waals surface area contributed by atoms with Crippen molar-refractivity contribution >= 4 is 40.8 Å². The van der Waals surface area contributed by atoms with E-state index in [1.807, 2.05) is 53.8 Å². The van der Waals surface area contributed by atoms with E-state index in [9.17, 15) is 14.7 Å². The number of halogens is 3. The fourth-order valence-corrected chi connectivity index (χ4v) is 8.55. The molecule has 7 rings (SSSR count). The number of benzene rings is 3. The first-order chi connectivity index (χ1) is 26.0. The van der Waals surface area contributed by atoms with Crippen LogP contribution in [0.1, 0.15) is 71.0 Å². The first kappa shape index (κ1) is 38.1. The lowest BCUT2D eigenvalue weighted by Gasteiger charge is -2.30. The molecule has 3 heterocycles. The minimum Gasteiger partial charge on any atom is -0.496 e. The predicted molar refractivity (Wildman–Crippen MR) is 204 cm³/mol. The lowest BCUT2D eigenvalue weighted by Crippen LogP contribution is -2.39. The van der Waals surface area contributed by atoms with Crippen LogP contribution in [-0.2, 0) is 42.5 Å². The van der Waals surface area contributed by atoms with Crippen LogP contribution in [0.2, 0.25) is 10.0 Å². The zero-order chi connectivity index (χ0) is 38.3. The second kappa shape index (κ2) is 15.9. The molecule has 1 saturated heterocycles. The number of hydrogen-bond acceptors (Lipinski definition) is 9. The molecule has 0 bridgehead atoms. The van der Waals surface area contributed by atoms with E-state index in [0.717, 1.165) is 53.0 Å². The number of anilines is 1. The van der Waals surface area contributed by atoms with Crippen molar-refractivity contribution in [1.82, 2.24) is 19.4 Å². The van der Waals surface area contributed by atoms with E-state index >= 15 is 4.39 Å². The Morgan fingerprint density at radius 1 is 1.06 bits per heavy atom. The van der Waals surface area contributed by atoms with E-state index in [0.29, 0.717) is 48.9 Å². The van der Waals surface area contributed by atoms with E-state index < -0.39 is 18.0 Å². The number of hydrogen-bond donors (Lipinski definition) is 2. The Labute approximate surface area is 323 Å². The van der Waals surface area contributed by atoms with Gasteiger partial charge in [0.15, 0.2) is 11.6 Å². The number of esters is 1. The summed E-state index contributed by atoms with van der Waals surface area (Å²) in [4.78, 5) is 34.6. The van der Waals surface area contributed by atoms with E-state index in [1.165, 1.54) is 14.2 Å². The van der Waals surface area contributed by atoms with Crippen LogP contribution < -0.4 is 14.8 Å². The summed E-state index contributed by atoms with van der Waals surface area (Å²) in [6, 6.07) is 12.6. The summed E-state index contributed by atoms with van der Waals surface area (Å²) in [5.74, 6) is -0.624. The normalized spacial score (nSPS) is 19.0. The second-order valence-electron chi connectivity index (χ2n) is 14.1. The van der Waals surface area contributed by atoms with Gasteiger partial charge in [-0.1, -0.05) is 53.5 Å². The van der Waals surface area contributed by atoms with Gasteiger partial charge in [0.05, 0.1) is 37.2 Å². The molecule has 3 aromatic carbocycles. The molecule has 3 atom stereocenters. The van der Waals surface area contributed by atoms with Gasteiger partial charge in [0.25, 0.3) is 5.91 Å². The summed E-state index contributed by atoms with van der Waals surface area (Å²) in [7, 11) is 4.66. The standard InChI is InChI=1S/C40H44Cl2FN5O6/c1-22(21-49)47-17-15-30-29(20-47)44-38(46(30)2)39(50)45-28-11-6-10-26(35(28)41)23-8-5-9-25-24(23)13-14-32(25)54-34-18-33(52-3)27(37(43)36(34)42)19-48-16-7-12-31(48)40(51)53-4/h5-6,8-11,18,22,31-32,49H,7,12-17,19-21H2,1-4H3,(H,45,50)/t22-,31-,32-/m0/s1. The summed E-state index contributed by atoms with van der Waals surface area (Å²) >= 11 is 13.7. The highest BCUT2D eigenvalue weighted by Gasteiger charge is 2.35. The Morgan fingerprint density at radius 2 is 1.83 bits per heavy atom. The summed E-state index contributed by atoms with van der Waals surface area (Å²) in [6.45, 7) is 4.13. The summed E-state index contributed by atoms with van der Waals surface area (Å²) in [6.07, 6.45) is 3.04. The quantitative estimate of drug-likeness (QED) is 0.160. The van der Waals surface area contributed by atoms with Crippen LogP contribution in [-0.4, -0.2) is 82.3 Å². The number of rotatable bonds is 11. The maximum Gasteiger partial charge on any atom is 0.323 e. The molecule has 0 spiro atoms. The molecular weight excluding hydrogens is 736 g/mol. The van der Waals surface area contributed by atoms with Gasteiger partial charge in [-0.2, -0.15) is 0 Å². The number of aliphatic hydroxyl groups is 1. The predicted octanol–water partition coefficient (Wildman–Crippen LogP) is 6.74. The highest BCUT2D eigenvalue weighted by atomic mass is 35.5. The number of fused-ring (bicyclic) bond motifs is 2. The number of carbonyl (C=O) groups is 2. The molecule has 1 aromatic heterocycles. The topological polar surface area (TPSA) is 118 Å². The largest absolute Gasteiger partial charge is 0.496 e. The Hall–Kier alpha value is -4.20. The summed E-state index contributed by atoms with van der Waals surface area (Å²) < 4.78 is 34.8. The van der Waals surface area contributed by atoms with E-state index in [-0.39, 0.29) is 53.2 Å². The first-order valence-electron chi connectivity index (χ1n) is 18.2. The van der Waals surface area contributed by atoms with Gasteiger partial charge < -0.3 is 29.2 Å². The van der Waals surface area contributed by atoms with Crippen molar-refractivity contribution < 1.29 is 33.3 Å². The van der Waals surface area contributed by atoms with Crippen LogP contribution >= 0.6 is 23.2 Å². The van der Waals surface area contributed by atoms with Crippen LogP contribution in [0.4, 0.5) is 10.1 Å². The summed E-state index contributed by atoms with van der Waals surface area (Å²) in [5, 5.41) is 12.8. The van der Waals surface area contributed by atoms with Crippen molar-refractivity contribution in [3.63, 3.8) is 0 Å². The third-order valence-electron chi connectivity index (χ3n) is 11.0.